The number of carbonyl (C=O) groups is 1. The van der Waals surface area contributed by atoms with Crippen molar-refractivity contribution in [2.24, 2.45) is 5.41 Å². The highest BCUT2D eigenvalue weighted by atomic mass is 16.5. The van der Waals surface area contributed by atoms with Gasteiger partial charge in [0, 0.05) is 25.0 Å². The second kappa shape index (κ2) is 10.3. The lowest BCUT2D eigenvalue weighted by atomic mass is 9.85. The number of hydrogen-bond acceptors (Lipinski definition) is 6. The highest BCUT2D eigenvalue weighted by Gasteiger charge is 2.44. The van der Waals surface area contributed by atoms with E-state index in [9.17, 15) is 4.79 Å². The molecule has 0 aliphatic carbocycles. The molecule has 7 nitrogen and oxygen atoms in total. The Morgan fingerprint density at radius 3 is 2.54 bits per heavy atom. The predicted molar refractivity (Wildman–Crippen MR) is 135 cm³/mol. The average Bonchev–Trinajstić information content (AvgIpc) is 3.35. The zero-order valence-electron chi connectivity index (χ0n) is 19.6. The first kappa shape index (κ1) is 23.0. The van der Waals surface area contributed by atoms with E-state index >= 15 is 0 Å². The van der Waals surface area contributed by atoms with Gasteiger partial charge in [-0.3, -0.25) is 4.79 Å². The largest absolute Gasteiger partial charge is 0.380 e. The van der Waals surface area contributed by atoms with Gasteiger partial charge < -0.3 is 20.3 Å². The van der Waals surface area contributed by atoms with Gasteiger partial charge in [-0.2, -0.15) is 5.26 Å². The number of rotatable bonds is 8. The summed E-state index contributed by atoms with van der Waals surface area (Å²) in [5.74, 6) is 0.387. The zero-order valence-corrected chi connectivity index (χ0v) is 19.6. The van der Waals surface area contributed by atoms with Gasteiger partial charge in [-0.05, 0) is 48.2 Å². The smallest absolute Gasteiger partial charge is 0.247 e. The summed E-state index contributed by atoms with van der Waals surface area (Å²) < 4.78 is 5.42. The van der Waals surface area contributed by atoms with E-state index in [0.29, 0.717) is 23.3 Å². The number of nitrogens with zero attached hydrogens (tertiary/aromatic N) is 3. The maximum atomic E-state index is 13.2. The molecule has 7 heteroatoms. The molecule has 2 aliphatic rings. The lowest BCUT2D eigenvalue weighted by molar-refractivity contribution is -0.118. The minimum absolute atomic E-state index is 0.150. The van der Waals surface area contributed by atoms with Crippen LogP contribution in [0.4, 0.5) is 11.5 Å². The van der Waals surface area contributed by atoms with E-state index in [1.807, 2.05) is 72.9 Å². The molecular weight excluding hydrogens is 438 g/mol. The molecule has 1 aromatic heterocycles. The quantitative estimate of drug-likeness (QED) is 0.525. The monoisotopic (exact) mass is 467 g/mol. The summed E-state index contributed by atoms with van der Waals surface area (Å²) in [6, 6.07) is 22.7. The van der Waals surface area contributed by atoms with E-state index in [0.717, 1.165) is 56.0 Å². The molecule has 1 spiro atoms. The predicted octanol–water partition coefficient (Wildman–Crippen LogP) is 3.69. The third kappa shape index (κ3) is 5.35. The molecule has 35 heavy (non-hydrogen) atoms. The van der Waals surface area contributed by atoms with Crippen LogP contribution in [0.3, 0.4) is 0 Å². The third-order valence-corrected chi connectivity index (χ3v) is 6.86. The number of nitriles is 1. The molecule has 2 fully saturated rings. The van der Waals surface area contributed by atoms with Gasteiger partial charge >= 0.3 is 0 Å². The average molecular weight is 468 g/mol. The van der Waals surface area contributed by atoms with Crippen LogP contribution in [-0.4, -0.2) is 43.7 Å². The molecule has 3 aromatic rings. The molecule has 178 valence electrons. The number of benzene rings is 2. The van der Waals surface area contributed by atoms with Gasteiger partial charge in [0.05, 0.1) is 36.7 Å². The first-order valence-electron chi connectivity index (χ1n) is 12.0. The van der Waals surface area contributed by atoms with Crippen molar-refractivity contribution < 1.29 is 9.53 Å². The van der Waals surface area contributed by atoms with Gasteiger partial charge in [-0.15, -0.1) is 0 Å². The van der Waals surface area contributed by atoms with Crippen molar-refractivity contribution in [1.82, 2.24) is 10.3 Å². The molecule has 1 atom stereocenters. The molecule has 0 saturated carbocycles. The van der Waals surface area contributed by atoms with Gasteiger partial charge in [0.15, 0.2) is 0 Å². The molecular formula is C28H29N5O2. The van der Waals surface area contributed by atoms with E-state index < -0.39 is 6.04 Å². The Hall–Kier alpha value is -3.73. The number of pyridine rings is 1. The van der Waals surface area contributed by atoms with Crippen LogP contribution in [0.5, 0.6) is 0 Å². The van der Waals surface area contributed by atoms with Crippen molar-refractivity contribution in [3.63, 3.8) is 0 Å². The van der Waals surface area contributed by atoms with Gasteiger partial charge in [-0.25, -0.2) is 4.98 Å². The van der Waals surface area contributed by atoms with Crippen molar-refractivity contribution in [3.8, 4) is 6.07 Å². The fraction of sp³-hybridized carbons (Fsp3) is 0.321. The Kier molecular flexibility index (Phi) is 6.75. The maximum absolute atomic E-state index is 13.2. The van der Waals surface area contributed by atoms with E-state index in [2.05, 4.69) is 26.6 Å². The lowest BCUT2D eigenvalue weighted by Crippen LogP contribution is -2.44. The fourth-order valence-corrected chi connectivity index (χ4v) is 4.74. The first-order chi connectivity index (χ1) is 17.1. The van der Waals surface area contributed by atoms with Crippen LogP contribution in [0.15, 0.2) is 72.9 Å². The number of amides is 1. The number of hydrogen-bond donors (Lipinski definition) is 2. The lowest BCUT2D eigenvalue weighted by Gasteiger charge is -2.37. The van der Waals surface area contributed by atoms with Crippen LogP contribution in [0.2, 0.25) is 0 Å². The van der Waals surface area contributed by atoms with Crippen molar-refractivity contribution in [2.75, 3.05) is 43.1 Å². The minimum Gasteiger partial charge on any atom is -0.380 e. The van der Waals surface area contributed by atoms with Crippen molar-refractivity contribution in [3.05, 3.63) is 89.6 Å². The minimum atomic E-state index is -0.506. The van der Waals surface area contributed by atoms with E-state index in [-0.39, 0.29) is 5.91 Å². The van der Waals surface area contributed by atoms with Gasteiger partial charge in [0.25, 0.3) is 0 Å². The number of anilines is 2. The van der Waals surface area contributed by atoms with Crippen molar-refractivity contribution in [1.29, 1.82) is 5.26 Å². The standard InChI is InChI=1S/C28H29N5O2/c29-16-22-8-6-21(7-9-22)12-14-30-26(23-4-2-1-3-5-23)27(34)32-25-11-10-24(17-31-25)33-15-13-28(18-33)19-35-20-28/h1-11,17,26,30H,12-15,18-20H2,(H,31,32,34). The highest BCUT2D eigenvalue weighted by molar-refractivity contribution is 5.94. The molecule has 5 rings (SSSR count). The molecule has 0 radical (unpaired) electrons. The Morgan fingerprint density at radius 2 is 1.91 bits per heavy atom. The van der Waals surface area contributed by atoms with Crippen LogP contribution in [0, 0.1) is 16.7 Å². The zero-order chi connectivity index (χ0) is 24.1. The molecule has 2 aliphatic heterocycles. The number of carbonyl (C=O) groups excluding carboxylic acids is 1. The van der Waals surface area contributed by atoms with Crippen molar-refractivity contribution in [2.45, 2.75) is 18.9 Å². The van der Waals surface area contributed by atoms with Gasteiger partial charge in [0.2, 0.25) is 5.91 Å². The molecule has 2 N–H and O–H groups in total. The van der Waals surface area contributed by atoms with Crippen LogP contribution < -0.4 is 15.5 Å². The maximum Gasteiger partial charge on any atom is 0.247 e. The van der Waals surface area contributed by atoms with Gasteiger partial charge in [0.1, 0.15) is 11.9 Å². The molecule has 3 heterocycles. The summed E-state index contributed by atoms with van der Waals surface area (Å²) in [6.45, 7) is 4.33. The number of ether oxygens (including phenoxy) is 1. The first-order valence-corrected chi connectivity index (χ1v) is 12.0. The summed E-state index contributed by atoms with van der Waals surface area (Å²) in [6.07, 6.45) is 3.74. The summed E-state index contributed by atoms with van der Waals surface area (Å²) in [5.41, 5.74) is 4.04. The topological polar surface area (TPSA) is 90.3 Å². The molecule has 0 bridgehead atoms. The Labute approximate surface area is 205 Å². The Balaban J connectivity index is 1.21. The molecule has 1 unspecified atom stereocenters. The van der Waals surface area contributed by atoms with Crippen LogP contribution in [0.25, 0.3) is 0 Å². The molecule has 2 aromatic carbocycles. The number of aromatic nitrogens is 1. The summed E-state index contributed by atoms with van der Waals surface area (Å²) in [7, 11) is 0. The van der Waals surface area contributed by atoms with E-state index in [1.165, 1.54) is 0 Å². The highest BCUT2D eigenvalue weighted by Crippen LogP contribution is 2.39. The van der Waals surface area contributed by atoms with E-state index in [4.69, 9.17) is 10.00 Å². The summed E-state index contributed by atoms with van der Waals surface area (Å²) >= 11 is 0. The SMILES string of the molecule is N#Cc1ccc(CCNC(C(=O)Nc2ccc(N3CCC4(COC4)C3)cn2)c2ccccc2)cc1. The van der Waals surface area contributed by atoms with E-state index in [1.54, 1.807) is 0 Å². The second-order valence-corrected chi connectivity index (χ2v) is 9.41. The number of nitrogens with one attached hydrogen (secondary N) is 2. The second-order valence-electron chi connectivity index (χ2n) is 9.41. The van der Waals surface area contributed by atoms with Crippen LogP contribution in [-0.2, 0) is 16.0 Å². The van der Waals surface area contributed by atoms with Crippen molar-refractivity contribution >= 4 is 17.4 Å². The third-order valence-electron chi connectivity index (χ3n) is 6.86. The Morgan fingerprint density at radius 1 is 1.11 bits per heavy atom. The van der Waals surface area contributed by atoms with Crippen LogP contribution >= 0.6 is 0 Å². The fourth-order valence-electron chi connectivity index (χ4n) is 4.74. The molecule has 1 amide bonds. The van der Waals surface area contributed by atoms with Gasteiger partial charge in [-0.1, -0.05) is 42.5 Å². The molecule has 2 saturated heterocycles. The summed E-state index contributed by atoms with van der Waals surface area (Å²) in [4.78, 5) is 20.1. The summed E-state index contributed by atoms with van der Waals surface area (Å²) in [5, 5.41) is 15.3. The van der Waals surface area contributed by atoms with Crippen LogP contribution in [0.1, 0.15) is 29.2 Å². The Bertz CT molecular complexity index is 1180. The normalized spacial score (nSPS) is 16.9.